The van der Waals surface area contributed by atoms with Crippen molar-refractivity contribution in [3.63, 3.8) is 0 Å². The van der Waals surface area contributed by atoms with Crippen LogP contribution in [0.4, 0.5) is 46.8 Å². The topological polar surface area (TPSA) is 379 Å². The molecule has 29 heteroatoms. The van der Waals surface area contributed by atoms with E-state index in [1.54, 1.807) is 30.3 Å². The van der Waals surface area contributed by atoms with Gasteiger partial charge in [-0.1, -0.05) is 48.6 Å². The van der Waals surface area contributed by atoms with E-state index in [4.69, 9.17) is 8.92 Å². The van der Waals surface area contributed by atoms with Crippen LogP contribution in [0.2, 0.25) is 0 Å². The van der Waals surface area contributed by atoms with Gasteiger partial charge in [-0.05, 0) is 76.3 Å². The predicted octanol–water partition coefficient (Wildman–Crippen LogP) is 2.53. The maximum absolute atomic E-state index is 13.5. The highest BCUT2D eigenvalue weighted by molar-refractivity contribution is 7.87. The third kappa shape index (κ3) is 16.8. The van der Waals surface area contributed by atoms with Crippen molar-refractivity contribution < 1.29 is 68.5 Å². The molecule has 0 unspecified atom stereocenters. The van der Waals surface area contributed by atoms with E-state index < -0.39 is 47.8 Å². The van der Waals surface area contributed by atoms with Crippen molar-refractivity contribution in [2.45, 2.75) is 22.8 Å². The Morgan fingerprint density at radius 3 is 1.65 bits per heavy atom. The van der Waals surface area contributed by atoms with E-state index in [1.165, 1.54) is 83.7 Å². The zero-order valence-corrected chi connectivity index (χ0v) is 42.6. The van der Waals surface area contributed by atoms with E-state index in [9.17, 15) is 59.6 Å². The summed E-state index contributed by atoms with van der Waals surface area (Å²) in [5, 5.41) is 47.9. The maximum Gasteiger partial charge on any atom is 0.337 e. The number of esters is 1. The van der Waals surface area contributed by atoms with Crippen LogP contribution in [-0.2, 0) is 57.2 Å². The SMILES string of the molecule is COC(=O)c1ccc(Nc2nc(Cc3ccc(/C=C/c4ccc(Nc5nc(Nc6cccc(CS(=O)(=O)O)c6)nc(N(CCO)CCO)n5)cc4S(=O)(=O)OC)c(CS(=O)(=O)O)c3)nc(N(CCO)CCO)n2)cc1. The van der Waals surface area contributed by atoms with Crippen LogP contribution in [0.5, 0.6) is 0 Å². The normalized spacial score (nSPS) is 11.9. The second kappa shape index (κ2) is 25.8. The number of benzene rings is 4. The molecule has 6 rings (SSSR count). The number of carbonyl (C=O) groups is 1. The number of hydrogen-bond acceptors (Lipinski definition) is 24. The number of aliphatic hydroxyl groups is 4. The van der Waals surface area contributed by atoms with Crippen LogP contribution in [-0.4, -0.2) is 157 Å². The second-order valence-electron chi connectivity index (χ2n) is 16.0. The Balaban J connectivity index is 1.33. The van der Waals surface area contributed by atoms with Crippen molar-refractivity contribution >= 4 is 95.3 Å². The minimum atomic E-state index is -4.64. The summed E-state index contributed by atoms with van der Waals surface area (Å²) in [6.07, 6.45) is 2.82. The molecule has 0 amide bonds. The number of aromatic nitrogens is 6. The van der Waals surface area contributed by atoms with E-state index >= 15 is 0 Å². The Kier molecular flexibility index (Phi) is 19.6. The molecule has 0 aliphatic heterocycles. The van der Waals surface area contributed by atoms with Gasteiger partial charge in [-0.2, -0.15) is 55.2 Å². The minimum Gasteiger partial charge on any atom is -0.465 e. The van der Waals surface area contributed by atoms with E-state index in [2.05, 4.69) is 45.9 Å². The zero-order chi connectivity index (χ0) is 54.3. The Morgan fingerprint density at radius 2 is 1.09 bits per heavy atom. The first kappa shape index (κ1) is 57.0. The molecule has 0 aliphatic rings. The molecule has 6 aromatic rings. The Morgan fingerprint density at radius 1 is 0.573 bits per heavy atom. The van der Waals surface area contributed by atoms with Crippen LogP contribution in [0.15, 0.2) is 89.8 Å². The maximum atomic E-state index is 13.5. The van der Waals surface area contributed by atoms with Crippen molar-refractivity contribution in [1.82, 2.24) is 29.9 Å². The summed E-state index contributed by atoms with van der Waals surface area (Å²) in [4.78, 5) is 41.4. The first-order valence-corrected chi connectivity index (χ1v) is 27.0. The summed E-state index contributed by atoms with van der Waals surface area (Å²) >= 11 is 0. The Bertz CT molecular complexity index is 3330. The molecule has 4 aromatic carbocycles. The highest BCUT2D eigenvalue weighted by Gasteiger charge is 2.21. The average molecular weight is 1100 g/mol. The number of nitrogens with one attached hydrogen (secondary N) is 3. The lowest BCUT2D eigenvalue weighted by atomic mass is 10.0. The van der Waals surface area contributed by atoms with Gasteiger partial charge in [0.1, 0.15) is 22.2 Å². The number of anilines is 8. The fraction of sp³-hybridized carbons (Fsp3) is 0.283. The summed E-state index contributed by atoms with van der Waals surface area (Å²) in [7, 11) is -11.3. The lowest BCUT2D eigenvalue weighted by Gasteiger charge is -2.21. The van der Waals surface area contributed by atoms with Gasteiger partial charge in [-0.15, -0.1) is 0 Å². The number of aliphatic hydroxyl groups excluding tert-OH is 4. The van der Waals surface area contributed by atoms with Crippen molar-refractivity contribution in [2.75, 3.05) is 92.6 Å². The summed E-state index contributed by atoms with van der Waals surface area (Å²) in [6.45, 7) is -1.18. The highest BCUT2D eigenvalue weighted by atomic mass is 32.2. The van der Waals surface area contributed by atoms with Gasteiger partial charge in [0, 0.05) is 49.7 Å². The molecule has 0 spiro atoms. The number of carbonyl (C=O) groups excluding carboxylic acids is 1. The first-order chi connectivity index (χ1) is 35.7. The standard InChI is InChI=1S/C46H53N11O15S3/c1-71-41(62)34-11-13-36(14-12-34)47-42-50-40(51-45(53-42)56(16-20-58)17-21-59)26-30-6-7-32(35(24-30)29-74(66,67)68)8-9-33-10-15-38(27-39(33)75(69,70)72-2)49-44-52-43(54-46(55-44)57(18-22-60)19-23-61)48-37-5-3-4-31(25-37)28-73(63,64)65/h3-15,24-25,27,58-61H,16-23,26,28-29H2,1-2H3,(H,63,64,65)(H,66,67,68)(H,47,50,51,53)(H2,48,49,52,54,55)/b9-8+. The van der Waals surface area contributed by atoms with Gasteiger partial charge in [0.25, 0.3) is 30.4 Å². The van der Waals surface area contributed by atoms with Gasteiger partial charge in [0.2, 0.25) is 29.7 Å². The third-order valence-electron chi connectivity index (χ3n) is 10.5. The number of methoxy groups -OCH3 is 1. The van der Waals surface area contributed by atoms with Crippen LogP contribution < -0.4 is 25.8 Å². The largest absolute Gasteiger partial charge is 0.465 e. The molecule has 0 atom stereocenters. The average Bonchev–Trinajstić information content (AvgIpc) is 3.35. The van der Waals surface area contributed by atoms with Gasteiger partial charge < -0.3 is 50.9 Å². The molecule has 0 saturated heterocycles. The van der Waals surface area contributed by atoms with Crippen molar-refractivity contribution in [1.29, 1.82) is 0 Å². The number of rotatable bonds is 27. The quantitative estimate of drug-likeness (QED) is 0.0155. The fourth-order valence-corrected chi connectivity index (χ4v) is 9.34. The molecular weight excluding hydrogens is 1040 g/mol. The van der Waals surface area contributed by atoms with Crippen LogP contribution in [0.3, 0.4) is 0 Å². The lowest BCUT2D eigenvalue weighted by molar-refractivity contribution is 0.0600. The molecule has 9 N–H and O–H groups in total. The highest BCUT2D eigenvalue weighted by Crippen LogP contribution is 2.29. The van der Waals surface area contributed by atoms with Crippen LogP contribution in [0.1, 0.15) is 44.0 Å². The van der Waals surface area contributed by atoms with Crippen LogP contribution >= 0.6 is 0 Å². The minimum absolute atomic E-state index is 0.00659. The third-order valence-corrected chi connectivity index (χ3v) is 13.2. The number of ether oxygens (including phenoxy) is 1. The van der Waals surface area contributed by atoms with Gasteiger partial charge in [0.05, 0.1) is 46.2 Å². The van der Waals surface area contributed by atoms with Crippen molar-refractivity contribution in [3.8, 4) is 0 Å². The molecular formula is C46H53N11O15S3. The Hall–Kier alpha value is -7.32. The molecule has 2 aromatic heterocycles. The molecule has 0 radical (unpaired) electrons. The summed E-state index contributed by atoms with van der Waals surface area (Å²) in [6, 6.07) is 21.1. The van der Waals surface area contributed by atoms with E-state index in [1.807, 2.05) is 0 Å². The van der Waals surface area contributed by atoms with Gasteiger partial charge in [-0.3, -0.25) is 13.3 Å². The zero-order valence-electron chi connectivity index (χ0n) is 40.2. The van der Waals surface area contributed by atoms with Gasteiger partial charge in [0.15, 0.2) is 0 Å². The van der Waals surface area contributed by atoms with E-state index in [-0.39, 0.29) is 127 Å². The van der Waals surface area contributed by atoms with E-state index in [0.29, 0.717) is 22.5 Å². The number of hydrogen-bond donors (Lipinski definition) is 9. The molecule has 400 valence electrons. The molecule has 0 fully saturated rings. The molecule has 2 heterocycles. The molecule has 0 aliphatic carbocycles. The number of nitrogens with zero attached hydrogens (tertiary/aromatic N) is 8. The van der Waals surface area contributed by atoms with Crippen LogP contribution in [0.25, 0.3) is 12.2 Å². The van der Waals surface area contributed by atoms with Gasteiger partial charge >= 0.3 is 5.97 Å². The summed E-state index contributed by atoms with van der Waals surface area (Å²) in [5.41, 5.74) is 2.41. The fourth-order valence-electron chi connectivity index (χ4n) is 7.22. The molecule has 0 saturated carbocycles. The predicted molar refractivity (Wildman–Crippen MR) is 276 cm³/mol. The summed E-state index contributed by atoms with van der Waals surface area (Å²) in [5.74, 6) is -1.97. The smallest absolute Gasteiger partial charge is 0.337 e. The second-order valence-corrected chi connectivity index (χ2v) is 20.6. The lowest BCUT2D eigenvalue weighted by Crippen LogP contribution is -2.32. The van der Waals surface area contributed by atoms with Gasteiger partial charge in [-0.25, -0.2) is 4.79 Å². The molecule has 26 nitrogen and oxygen atoms in total. The Labute approximate surface area is 431 Å². The first-order valence-electron chi connectivity index (χ1n) is 22.4. The summed E-state index contributed by atoms with van der Waals surface area (Å²) < 4.78 is 104. The molecule has 75 heavy (non-hydrogen) atoms. The van der Waals surface area contributed by atoms with Crippen molar-refractivity contribution in [2.24, 2.45) is 0 Å². The molecule has 0 bridgehead atoms. The van der Waals surface area contributed by atoms with Crippen molar-refractivity contribution in [3.05, 3.63) is 124 Å². The monoisotopic (exact) mass is 1100 g/mol. The van der Waals surface area contributed by atoms with Crippen LogP contribution in [0, 0.1) is 0 Å². The van der Waals surface area contributed by atoms with E-state index in [0.717, 1.165) is 7.11 Å².